The number of hydrogen-bond acceptors (Lipinski definition) is 5. The lowest BCUT2D eigenvalue weighted by Gasteiger charge is -2.26. The SMILES string of the molecule is CC(N)C(O)(Cc1cc(OCCC2CC2)ccn1)C(=O)O. The molecule has 1 fully saturated rings. The first kappa shape index (κ1) is 15.7. The minimum Gasteiger partial charge on any atom is -0.493 e. The minimum atomic E-state index is -2.03. The zero-order chi connectivity index (χ0) is 15.5. The molecule has 2 unspecified atom stereocenters. The fourth-order valence-electron chi connectivity index (χ4n) is 2.10. The van der Waals surface area contributed by atoms with Crippen LogP contribution in [0, 0.1) is 5.92 Å². The van der Waals surface area contributed by atoms with Crippen LogP contribution < -0.4 is 10.5 Å². The standard InChI is InChI=1S/C15H22N2O4/c1-10(16)15(20,14(18)19)9-12-8-13(4-6-17-12)21-7-5-11-2-3-11/h4,6,8,10-11,20H,2-3,5,7,9,16H2,1H3,(H,18,19). The number of aromatic nitrogens is 1. The quantitative estimate of drug-likeness (QED) is 0.659. The van der Waals surface area contributed by atoms with Gasteiger partial charge in [-0.05, 0) is 25.3 Å². The third kappa shape index (κ3) is 4.15. The summed E-state index contributed by atoms with van der Waals surface area (Å²) in [5.41, 5.74) is 4.01. The highest BCUT2D eigenvalue weighted by molar-refractivity contribution is 5.78. The fourth-order valence-corrected chi connectivity index (χ4v) is 2.10. The lowest BCUT2D eigenvalue weighted by Crippen LogP contribution is -2.54. The topological polar surface area (TPSA) is 106 Å². The second-order valence-electron chi connectivity index (χ2n) is 5.76. The van der Waals surface area contributed by atoms with Crippen LogP contribution in [0.3, 0.4) is 0 Å². The predicted octanol–water partition coefficient (Wildman–Crippen LogP) is 0.966. The van der Waals surface area contributed by atoms with E-state index in [1.54, 1.807) is 18.3 Å². The molecule has 1 heterocycles. The van der Waals surface area contributed by atoms with E-state index in [4.69, 9.17) is 15.6 Å². The molecule has 2 atom stereocenters. The lowest BCUT2D eigenvalue weighted by atomic mass is 9.90. The van der Waals surface area contributed by atoms with Crippen LogP contribution in [0.15, 0.2) is 18.3 Å². The molecular weight excluding hydrogens is 272 g/mol. The van der Waals surface area contributed by atoms with Crippen molar-refractivity contribution in [1.29, 1.82) is 0 Å². The summed E-state index contributed by atoms with van der Waals surface area (Å²) in [4.78, 5) is 15.3. The highest BCUT2D eigenvalue weighted by atomic mass is 16.5. The van der Waals surface area contributed by atoms with E-state index in [2.05, 4.69) is 4.98 Å². The first-order valence-electron chi connectivity index (χ1n) is 7.21. The van der Waals surface area contributed by atoms with E-state index in [0.29, 0.717) is 18.1 Å². The van der Waals surface area contributed by atoms with Crippen molar-refractivity contribution in [2.75, 3.05) is 6.61 Å². The minimum absolute atomic E-state index is 0.153. The Balaban J connectivity index is 2.00. The Hall–Kier alpha value is -1.66. The third-order valence-electron chi connectivity index (χ3n) is 3.85. The molecular formula is C15H22N2O4. The molecule has 116 valence electrons. The number of nitrogens with two attached hydrogens (primary N) is 1. The normalized spacial score (nSPS) is 18.8. The zero-order valence-electron chi connectivity index (χ0n) is 12.2. The van der Waals surface area contributed by atoms with Gasteiger partial charge in [-0.1, -0.05) is 12.8 Å². The van der Waals surface area contributed by atoms with Crippen LogP contribution in [0.1, 0.15) is 31.9 Å². The number of aliphatic hydroxyl groups is 1. The van der Waals surface area contributed by atoms with E-state index in [1.165, 1.54) is 19.8 Å². The van der Waals surface area contributed by atoms with Crippen molar-refractivity contribution >= 4 is 5.97 Å². The monoisotopic (exact) mass is 294 g/mol. The second-order valence-corrected chi connectivity index (χ2v) is 5.76. The van der Waals surface area contributed by atoms with Crippen LogP contribution in [-0.2, 0) is 11.2 Å². The molecule has 2 rings (SSSR count). The highest BCUT2D eigenvalue weighted by Crippen LogP contribution is 2.32. The predicted molar refractivity (Wildman–Crippen MR) is 77.0 cm³/mol. The summed E-state index contributed by atoms with van der Waals surface area (Å²) in [6.45, 7) is 2.11. The van der Waals surface area contributed by atoms with Crippen LogP contribution >= 0.6 is 0 Å². The van der Waals surface area contributed by atoms with Crippen LogP contribution in [0.2, 0.25) is 0 Å². The molecule has 6 nitrogen and oxygen atoms in total. The molecule has 1 saturated carbocycles. The van der Waals surface area contributed by atoms with Crippen molar-refractivity contribution < 1.29 is 19.7 Å². The summed E-state index contributed by atoms with van der Waals surface area (Å²) >= 11 is 0. The number of carboxylic acids is 1. The number of ether oxygens (including phenoxy) is 1. The van der Waals surface area contributed by atoms with E-state index in [1.807, 2.05) is 0 Å². The molecule has 1 aromatic rings. The van der Waals surface area contributed by atoms with Gasteiger partial charge in [0.1, 0.15) is 5.75 Å². The number of aliphatic carboxylic acids is 1. The van der Waals surface area contributed by atoms with Gasteiger partial charge in [-0.3, -0.25) is 4.98 Å². The van der Waals surface area contributed by atoms with Gasteiger partial charge in [-0.2, -0.15) is 0 Å². The molecule has 0 amide bonds. The smallest absolute Gasteiger partial charge is 0.337 e. The van der Waals surface area contributed by atoms with Crippen molar-refractivity contribution in [3.05, 3.63) is 24.0 Å². The highest BCUT2D eigenvalue weighted by Gasteiger charge is 2.40. The van der Waals surface area contributed by atoms with Crippen LogP contribution in [0.4, 0.5) is 0 Å². The van der Waals surface area contributed by atoms with Gasteiger partial charge >= 0.3 is 5.97 Å². The van der Waals surface area contributed by atoms with Gasteiger partial charge in [0, 0.05) is 30.4 Å². The Labute approximate surface area is 123 Å². The molecule has 1 aliphatic rings. The Bertz CT molecular complexity index is 502. The Morgan fingerprint density at radius 3 is 2.90 bits per heavy atom. The molecule has 4 N–H and O–H groups in total. The van der Waals surface area contributed by atoms with E-state index < -0.39 is 17.6 Å². The van der Waals surface area contributed by atoms with Gasteiger partial charge in [0.05, 0.1) is 6.61 Å². The van der Waals surface area contributed by atoms with Crippen molar-refractivity contribution in [3.8, 4) is 5.75 Å². The van der Waals surface area contributed by atoms with Crippen molar-refractivity contribution in [3.63, 3.8) is 0 Å². The molecule has 21 heavy (non-hydrogen) atoms. The fraction of sp³-hybridized carbons (Fsp3) is 0.600. The average molecular weight is 294 g/mol. The molecule has 1 aliphatic carbocycles. The van der Waals surface area contributed by atoms with Gasteiger partial charge in [-0.15, -0.1) is 0 Å². The number of carboxylic acid groups (broad SMARTS) is 1. The van der Waals surface area contributed by atoms with Crippen molar-refractivity contribution in [1.82, 2.24) is 4.98 Å². The molecule has 0 aliphatic heterocycles. The van der Waals surface area contributed by atoms with Gasteiger partial charge in [0.15, 0.2) is 5.60 Å². The molecule has 0 saturated heterocycles. The maximum Gasteiger partial charge on any atom is 0.337 e. The lowest BCUT2D eigenvalue weighted by molar-refractivity contribution is -0.160. The molecule has 1 aromatic heterocycles. The van der Waals surface area contributed by atoms with E-state index in [0.717, 1.165) is 12.3 Å². The maximum atomic E-state index is 11.2. The summed E-state index contributed by atoms with van der Waals surface area (Å²) in [6, 6.07) is 2.47. The third-order valence-corrected chi connectivity index (χ3v) is 3.85. The molecule has 0 aromatic carbocycles. The second kappa shape index (κ2) is 6.41. The van der Waals surface area contributed by atoms with Crippen molar-refractivity contribution in [2.24, 2.45) is 11.7 Å². The largest absolute Gasteiger partial charge is 0.493 e. The van der Waals surface area contributed by atoms with Crippen LogP contribution in [-0.4, -0.2) is 39.4 Å². The number of nitrogens with zero attached hydrogens (tertiary/aromatic N) is 1. The van der Waals surface area contributed by atoms with E-state index >= 15 is 0 Å². The summed E-state index contributed by atoms with van der Waals surface area (Å²) < 4.78 is 5.63. The number of hydrogen-bond donors (Lipinski definition) is 3. The first-order valence-corrected chi connectivity index (χ1v) is 7.21. The summed E-state index contributed by atoms with van der Waals surface area (Å²) in [5.74, 6) is 0.0823. The zero-order valence-corrected chi connectivity index (χ0v) is 12.2. The van der Waals surface area contributed by atoms with Crippen molar-refractivity contribution in [2.45, 2.75) is 44.2 Å². The Morgan fingerprint density at radius 2 is 2.33 bits per heavy atom. The molecule has 0 bridgehead atoms. The summed E-state index contributed by atoms with van der Waals surface area (Å²) in [5, 5.41) is 19.3. The molecule has 0 spiro atoms. The average Bonchev–Trinajstić information content (AvgIpc) is 3.23. The van der Waals surface area contributed by atoms with Gasteiger partial charge in [-0.25, -0.2) is 4.79 Å². The Morgan fingerprint density at radius 1 is 1.62 bits per heavy atom. The van der Waals surface area contributed by atoms with Gasteiger partial charge in [0.2, 0.25) is 0 Å². The molecule has 6 heteroatoms. The number of rotatable bonds is 8. The molecule has 0 radical (unpaired) electrons. The first-order chi connectivity index (χ1) is 9.91. The van der Waals surface area contributed by atoms with Gasteiger partial charge in [0.25, 0.3) is 0 Å². The van der Waals surface area contributed by atoms with Crippen LogP contribution in [0.25, 0.3) is 0 Å². The Kier molecular flexibility index (Phi) is 4.80. The van der Waals surface area contributed by atoms with Crippen LogP contribution in [0.5, 0.6) is 5.75 Å². The maximum absolute atomic E-state index is 11.2. The van der Waals surface area contributed by atoms with Gasteiger partial charge < -0.3 is 20.7 Å². The van der Waals surface area contributed by atoms with E-state index in [9.17, 15) is 9.90 Å². The summed E-state index contributed by atoms with van der Waals surface area (Å²) in [6.07, 6.45) is 5.00. The van der Waals surface area contributed by atoms with E-state index in [-0.39, 0.29) is 6.42 Å². The number of pyridine rings is 1. The summed E-state index contributed by atoms with van der Waals surface area (Å²) in [7, 11) is 0. The number of carbonyl (C=O) groups is 1.